The fraction of sp³-hybridized carbons (Fsp3) is 0.405. The van der Waals surface area contributed by atoms with Gasteiger partial charge in [-0.15, -0.1) is 0 Å². The van der Waals surface area contributed by atoms with Crippen LogP contribution in [0.5, 0.6) is 5.75 Å². The number of carbonyl (C=O) groups excluding carboxylic acids is 2. The highest BCUT2D eigenvalue weighted by Crippen LogP contribution is 2.41. The fourth-order valence-corrected chi connectivity index (χ4v) is 6.62. The summed E-state index contributed by atoms with van der Waals surface area (Å²) < 4.78 is 14.1. The van der Waals surface area contributed by atoms with E-state index >= 15 is 0 Å². The number of aromatic nitrogens is 3. The number of hydrogen-bond acceptors (Lipinski definition) is 7. The maximum atomic E-state index is 14.8. The lowest BCUT2D eigenvalue weighted by molar-refractivity contribution is -0.140. The summed E-state index contributed by atoms with van der Waals surface area (Å²) in [6, 6.07) is 18.5. The Morgan fingerprint density at radius 2 is 1.88 bits per heavy atom. The van der Waals surface area contributed by atoms with E-state index in [1.807, 2.05) is 110 Å². The molecule has 2 aromatic carbocycles. The van der Waals surface area contributed by atoms with Crippen LogP contribution < -0.4 is 4.74 Å². The van der Waals surface area contributed by atoms with Crippen molar-refractivity contribution in [2.75, 3.05) is 26.2 Å². The van der Waals surface area contributed by atoms with Crippen molar-refractivity contribution < 1.29 is 19.1 Å². The molecule has 2 atom stereocenters. The summed E-state index contributed by atoms with van der Waals surface area (Å²) in [4.78, 5) is 43.5. The van der Waals surface area contributed by atoms with E-state index in [2.05, 4.69) is 9.88 Å². The first-order valence-corrected chi connectivity index (χ1v) is 16.8. The molecule has 0 bridgehead atoms. The molecule has 4 aromatic rings. The molecule has 6 rings (SSSR count). The third-order valence-electron chi connectivity index (χ3n) is 8.66. The van der Waals surface area contributed by atoms with Crippen molar-refractivity contribution in [1.29, 1.82) is 0 Å². The van der Waals surface area contributed by atoms with Gasteiger partial charge >= 0.3 is 6.09 Å². The van der Waals surface area contributed by atoms with Gasteiger partial charge in [-0.2, -0.15) is 0 Å². The van der Waals surface area contributed by atoms with Crippen molar-refractivity contribution in [3.8, 4) is 5.75 Å². The number of ether oxygens (including phenoxy) is 2. The van der Waals surface area contributed by atoms with Crippen LogP contribution in [0.15, 0.2) is 79.4 Å². The number of halogens is 1. The van der Waals surface area contributed by atoms with Crippen molar-refractivity contribution in [2.24, 2.45) is 0 Å². The van der Waals surface area contributed by atoms with Gasteiger partial charge in [-0.05, 0) is 57.9 Å². The molecule has 11 heteroatoms. The first kappa shape index (κ1) is 33.5. The lowest BCUT2D eigenvalue weighted by Gasteiger charge is -2.45. The van der Waals surface area contributed by atoms with Crippen LogP contribution in [0, 0.1) is 6.92 Å². The van der Waals surface area contributed by atoms with Crippen molar-refractivity contribution in [3.05, 3.63) is 112 Å². The summed E-state index contributed by atoms with van der Waals surface area (Å²) >= 11 is 6.41. The number of benzene rings is 2. The van der Waals surface area contributed by atoms with Gasteiger partial charge in [0.05, 0.1) is 23.8 Å². The fourth-order valence-electron chi connectivity index (χ4n) is 6.46. The Bertz CT molecular complexity index is 1740. The highest BCUT2D eigenvalue weighted by atomic mass is 35.5. The minimum absolute atomic E-state index is 0.126. The van der Waals surface area contributed by atoms with Gasteiger partial charge in [-0.3, -0.25) is 19.6 Å². The van der Waals surface area contributed by atoms with Gasteiger partial charge in [0.2, 0.25) is 5.91 Å². The minimum atomic E-state index is -0.792. The zero-order valence-corrected chi connectivity index (χ0v) is 28.8. The molecule has 2 aliphatic heterocycles. The Labute approximate surface area is 287 Å². The van der Waals surface area contributed by atoms with Crippen molar-refractivity contribution >= 4 is 23.6 Å². The van der Waals surface area contributed by atoms with E-state index in [0.29, 0.717) is 43.6 Å². The van der Waals surface area contributed by atoms with Crippen LogP contribution in [-0.2, 0) is 29.2 Å². The highest BCUT2D eigenvalue weighted by molar-refractivity contribution is 6.30. The SMILES string of the molecule is Cc1cn(CCCN(Cc2ccccc2)C(=O)[C@H]2CN([C@H]3c4ccc(Cl)cc4OCc4cccnc43)CCN2C(=O)OC(C)(C)C)cn1. The number of aryl methyl sites for hydroxylation is 2. The van der Waals surface area contributed by atoms with Gasteiger partial charge in [0.1, 0.15) is 24.0 Å². The Morgan fingerprint density at radius 3 is 2.62 bits per heavy atom. The van der Waals surface area contributed by atoms with E-state index in [-0.39, 0.29) is 18.5 Å². The zero-order valence-electron chi connectivity index (χ0n) is 28.0. The quantitative estimate of drug-likeness (QED) is 0.218. The van der Waals surface area contributed by atoms with E-state index in [1.165, 1.54) is 0 Å². The average Bonchev–Trinajstić information content (AvgIpc) is 3.40. The molecule has 0 saturated carbocycles. The van der Waals surface area contributed by atoms with Crippen LogP contribution in [0.3, 0.4) is 0 Å². The summed E-state index contributed by atoms with van der Waals surface area (Å²) in [6.07, 6.45) is 5.83. The number of hydrogen-bond donors (Lipinski definition) is 0. The summed E-state index contributed by atoms with van der Waals surface area (Å²) in [7, 11) is 0. The summed E-state index contributed by atoms with van der Waals surface area (Å²) in [6.45, 7) is 10.6. The molecule has 2 amide bonds. The maximum absolute atomic E-state index is 14.8. The predicted molar refractivity (Wildman–Crippen MR) is 184 cm³/mol. The lowest BCUT2D eigenvalue weighted by Crippen LogP contribution is -2.62. The topological polar surface area (TPSA) is 93.0 Å². The number of carbonyl (C=O) groups is 2. The smallest absolute Gasteiger partial charge is 0.411 e. The van der Waals surface area contributed by atoms with E-state index in [0.717, 1.165) is 41.0 Å². The number of amides is 2. The summed E-state index contributed by atoms with van der Waals surface area (Å²) in [5, 5.41) is 0.580. The molecule has 252 valence electrons. The molecule has 0 N–H and O–H groups in total. The Balaban J connectivity index is 1.34. The van der Waals surface area contributed by atoms with Crippen LogP contribution >= 0.6 is 11.6 Å². The molecule has 1 saturated heterocycles. The molecule has 0 aliphatic carbocycles. The lowest BCUT2D eigenvalue weighted by atomic mass is 9.96. The summed E-state index contributed by atoms with van der Waals surface area (Å²) in [5.74, 6) is 0.557. The first-order chi connectivity index (χ1) is 23.1. The van der Waals surface area contributed by atoms with Crippen LogP contribution in [0.2, 0.25) is 5.02 Å². The second-order valence-corrected chi connectivity index (χ2v) is 13.9. The normalized spacial score (nSPS) is 17.9. The van der Waals surface area contributed by atoms with Gasteiger partial charge in [0.15, 0.2) is 0 Å². The number of pyridine rings is 1. The average molecular weight is 671 g/mol. The highest BCUT2D eigenvalue weighted by Gasteiger charge is 2.43. The standard InChI is InChI=1S/C37H43ClN6O4/c1-26-21-41(25-40-26)16-9-17-43(22-27-10-6-5-7-11-27)35(45)31-23-42(18-19-44(31)36(46)48-37(2,3)4)34-30-14-13-29(38)20-32(30)47-24-28-12-8-15-39-33(28)34/h5-8,10-15,20-21,25,31,34H,9,16-19,22-24H2,1-4H3/t31-,34+/m1/s1. The third-order valence-corrected chi connectivity index (χ3v) is 8.90. The third kappa shape index (κ3) is 7.82. The second kappa shape index (κ2) is 14.4. The largest absolute Gasteiger partial charge is 0.488 e. The van der Waals surface area contributed by atoms with Crippen LogP contribution in [-0.4, -0.2) is 79.1 Å². The van der Waals surface area contributed by atoms with Crippen molar-refractivity contribution in [3.63, 3.8) is 0 Å². The van der Waals surface area contributed by atoms with Crippen molar-refractivity contribution in [2.45, 2.75) is 71.5 Å². The number of nitrogens with zero attached hydrogens (tertiary/aromatic N) is 6. The molecule has 0 spiro atoms. The molecule has 10 nitrogen and oxygen atoms in total. The predicted octanol–water partition coefficient (Wildman–Crippen LogP) is 6.26. The Kier molecular flexibility index (Phi) is 10.0. The molecule has 4 heterocycles. The van der Waals surface area contributed by atoms with Crippen LogP contribution in [0.4, 0.5) is 4.79 Å². The second-order valence-electron chi connectivity index (χ2n) is 13.5. The minimum Gasteiger partial charge on any atom is -0.488 e. The molecule has 2 aliphatic rings. The van der Waals surface area contributed by atoms with E-state index in [9.17, 15) is 9.59 Å². The van der Waals surface area contributed by atoms with E-state index in [1.54, 1.807) is 11.1 Å². The van der Waals surface area contributed by atoms with Crippen LogP contribution in [0.25, 0.3) is 0 Å². The molecule has 48 heavy (non-hydrogen) atoms. The first-order valence-electron chi connectivity index (χ1n) is 16.5. The Morgan fingerprint density at radius 1 is 1.06 bits per heavy atom. The number of rotatable bonds is 8. The monoisotopic (exact) mass is 670 g/mol. The molecular weight excluding hydrogens is 628 g/mol. The zero-order chi connectivity index (χ0) is 33.8. The van der Waals surface area contributed by atoms with Gasteiger partial charge in [-0.25, -0.2) is 9.78 Å². The van der Waals surface area contributed by atoms with Gasteiger partial charge < -0.3 is 18.9 Å². The van der Waals surface area contributed by atoms with E-state index < -0.39 is 17.7 Å². The van der Waals surface area contributed by atoms with Crippen LogP contribution in [0.1, 0.15) is 61.3 Å². The molecular formula is C37H43ClN6O4. The molecule has 2 aromatic heterocycles. The maximum Gasteiger partial charge on any atom is 0.411 e. The molecule has 0 radical (unpaired) electrons. The van der Waals surface area contributed by atoms with E-state index in [4.69, 9.17) is 26.1 Å². The Hall–Kier alpha value is -4.41. The van der Waals surface area contributed by atoms with Gasteiger partial charge in [0, 0.05) is 67.8 Å². The summed E-state index contributed by atoms with van der Waals surface area (Å²) in [5.41, 5.74) is 4.01. The number of piperazine rings is 1. The molecule has 1 fully saturated rings. The van der Waals surface area contributed by atoms with Gasteiger partial charge in [-0.1, -0.05) is 54.1 Å². The number of fused-ring (bicyclic) bond motifs is 2. The number of imidazole rings is 1. The van der Waals surface area contributed by atoms with Gasteiger partial charge in [0.25, 0.3) is 0 Å². The van der Waals surface area contributed by atoms with Crippen molar-refractivity contribution in [1.82, 2.24) is 29.2 Å². The molecule has 0 unspecified atom stereocenters.